The molecule has 24 heavy (non-hydrogen) atoms. The van der Waals surface area contributed by atoms with Gasteiger partial charge >= 0.3 is 6.18 Å². The monoisotopic (exact) mass is 352 g/mol. The van der Waals surface area contributed by atoms with Crippen LogP contribution in [-0.2, 0) is 4.74 Å². The molecule has 7 heteroatoms. The van der Waals surface area contributed by atoms with E-state index < -0.39 is 41.4 Å². The van der Waals surface area contributed by atoms with Crippen molar-refractivity contribution in [3.8, 4) is 0 Å². The van der Waals surface area contributed by atoms with Gasteiger partial charge in [0.1, 0.15) is 17.5 Å². The predicted molar refractivity (Wildman–Crippen MR) is 77.8 cm³/mol. The van der Waals surface area contributed by atoms with E-state index >= 15 is 0 Å². The molecule has 0 N–H and O–H groups in total. The highest BCUT2D eigenvalue weighted by Crippen LogP contribution is 2.35. The quantitative estimate of drug-likeness (QED) is 0.595. The number of rotatable bonds is 4. The molecule has 1 fully saturated rings. The lowest BCUT2D eigenvalue weighted by Crippen LogP contribution is -2.21. The highest BCUT2D eigenvalue weighted by molar-refractivity contribution is 5.61. The number of alkyl halides is 3. The van der Waals surface area contributed by atoms with E-state index in [2.05, 4.69) is 6.92 Å². The van der Waals surface area contributed by atoms with Crippen molar-refractivity contribution in [1.29, 1.82) is 0 Å². The molecule has 1 aromatic carbocycles. The van der Waals surface area contributed by atoms with Crippen LogP contribution < -0.4 is 0 Å². The van der Waals surface area contributed by atoms with Crippen LogP contribution in [0.3, 0.4) is 0 Å². The fourth-order valence-corrected chi connectivity index (χ4v) is 2.93. The lowest BCUT2D eigenvalue weighted by Gasteiger charge is -2.29. The molecule has 0 radical (unpaired) electrons. The topological polar surface area (TPSA) is 9.23 Å². The van der Waals surface area contributed by atoms with Gasteiger partial charge in [-0.25, -0.2) is 13.2 Å². The molecule has 1 aromatic rings. The highest BCUT2D eigenvalue weighted by Gasteiger charge is 2.29. The molecular formula is C17H18F6O. The number of halogens is 6. The lowest BCUT2D eigenvalue weighted by atomic mass is 9.91. The van der Waals surface area contributed by atoms with Crippen LogP contribution in [0.1, 0.15) is 49.8 Å². The van der Waals surface area contributed by atoms with Crippen LogP contribution in [0.15, 0.2) is 18.2 Å². The highest BCUT2D eigenvalue weighted by atomic mass is 19.4. The summed E-state index contributed by atoms with van der Waals surface area (Å²) >= 11 is 0. The normalized spacial score (nSPS) is 22.7. The first-order valence-corrected chi connectivity index (χ1v) is 7.77. The summed E-state index contributed by atoms with van der Waals surface area (Å²) < 4.78 is 83.4. The Labute approximate surface area is 136 Å². The Morgan fingerprint density at radius 1 is 1.21 bits per heavy atom. The molecule has 0 amide bonds. The number of hydrogen-bond acceptors (Lipinski definition) is 1. The first kappa shape index (κ1) is 18.8. The Balaban J connectivity index is 2.20. The Morgan fingerprint density at radius 2 is 1.83 bits per heavy atom. The summed E-state index contributed by atoms with van der Waals surface area (Å²) in [5.74, 6) is -4.34. The standard InChI is InChI=1S/C17H18F6O/c1-2-3-10-4-5-15(24-9-10)11-6-12(18)16(13(19)7-11)14(20)8-17(21,22)23/h6-8,10,15H,2-5,9H2,1H3/b14-8-. The summed E-state index contributed by atoms with van der Waals surface area (Å²) in [7, 11) is 0. The number of ether oxygens (including phenoxy) is 1. The van der Waals surface area contributed by atoms with Crippen LogP contribution in [0.2, 0.25) is 0 Å². The third kappa shape index (κ3) is 4.75. The smallest absolute Gasteiger partial charge is 0.373 e. The first-order chi connectivity index (χ1) is 11.2. The molecule has 0 spiro atoms. The van der Waals surface area contributed by atoms with Gasteiger partial charge in [0, 0.05) is 0 Å². The van der Waals surface area contributed by atoms with Crippen LogP contribution in [0, 0.1) is 17.6 Å². The average molecular weight is 352 g/mol. The van der Waals surface area contributed by atoms with E-state index in [1.807, 2.05) is 0 Å². The summed E-state index contributed by atoms with van der Waals surface area (Å²) in [6.07, 6.45) is -2.88. The van der Waals surface area contributed by atoms with Gasteiger partial charge in [0.15, 0.2) is 0 Å². The van der Waals surface area contributed by atoms with Gasteiger partial charge < -0.3 is 4.74 Å². The largest absolute Gasteiger partial charge is 0.412 e. The van der Waals surface area contributed by atoms with Crippen molar-refractivity contribution in [2.75, 3.05) is 6.61 Å². The molecule has 0 aliphatic carbocycles. The Morgan fingerprint density at radius 3 is 2.29 bits per heavy atom. The van der Waals surface area contributed by atoms with Gasteiger partial charge in [-0.3, -0.25) is 0 Å². The van der Waals surface area contributed by atoms with E-state index in [4.69, 9.17) is 4.74 Å². The zero-order valence-electron chi connectivity index (χ0n) is 13.1. The zero-order chi connectivity index (χ0) is 17.9. The van der Waals surface area contributed by atoms with Gasteiger partial charge in [-0.15, -0.1) is 0 Å². The second-order valence-corrected chi connectivity index (χ2v) is 5.95. The van der Waals surface area contributed by atoms with Crippen molar-refractivity contribution in [3.63, 3.8) is 0 Å². The van der Waals surface area contributed by atoms with E-state index in [0.29, 0.717) is 18.9 Å². The van der Waals surface area contributed by atoms with E-state index in [9.17, 15) is 26.3 Å². The van der Waals surface area contributed by atoms with E-state index in [1.165, 1.54) is 0 Å². The molecule has 2 unspecified atom stereocenters. The van der Waals surface area contributed by atoms with E-state index in [0.717, 1.165) is 31.4 Å². The lowest BCUT2D eigenvalue weighted by molar-refractivity contribution is -0.0798. The minimum atomic E-state index is -5.00. The van der Waals surface area contributed by atoms with Crippen LogP contribution >= 0.6 is 0 Å². The molecule has 0 aromatic heterocycles. The molecule has 2 rings (SSSR count). The molecule has 0 bridgehead atoms. The molecule has 2 atom stereocenters. The Hall–Kier alpha value is -1.50. The van der Waals surface area contributed by atoms with Crippen LogP contribution in [0.5, 0.6) is 0 Å². The molecular weight excluding hydrogens is 334 g/mol. The molecule has 1 aliphatic heterocycles. The number of hydrogen-bond donors (Lipinski definition) is 0. The summed E-state index contributed by atoms with van der Waals surface area (Å²) in [5, 5.41) is 0. The maximum Gasteiger partial charge on any atom is 0.412 e. The van der Waals surface area contributed by atoms with Gasteiger partial charge in [0.2, 0.25) is 0 Å². The SMILES string of the molecule is CCCC1CCC(c2cc(F)c(/C(F)=C/C(F)(F)F)c(F)c2)OC1. The molecule has 1 heterocycles. The summed E-state index contributed by atoms with van der Waals surface area (Å²) in [4.78, 5) is 0. The van der Waals surface area contributed by atoms with Gasteiger partial charge in [0.25, 0.3) is 0 Å². The second-order valence-electron chi connectivity index (χ2n) is 5.95. The summed E-state index contributed by atoms with van der Waals surface area (Å²) in [6, 6.07) is 1.68. The molecule has 1 saturated heterocycles. The van der Waals surface area contributed by atoms with Gasteiger partial charge in [-0.05, 0) is 42.9 Å². The molecule has 1 nitrogen and oxygen atoms in total. The van der Waals surface area contributed by atoms with Crippen molar-refractivity contribution in [2.45, 2.75) is 44.9 Å². The van der Waals surface area contributed by atoms with Crippen LogP contribution in [-0.4, -0.2) is 12.8 Å². The van der Waals surface area contributed by atoms with Crippen LogP contribution in [0.25, 0.3) is 5.83 Å². The third-order valence-corrected chi connectivity index (χ3v) is 4.03. The van der Waals surface area contributed by atoms with Gasteiger partial charge in [-0.1, -0.05) is 13.3 Å². The fraction of sp³-hybridized carbons (Fsp3) is 0.529. The van der Waals surface area contributed by atoms with Crippen LogP contribution in [0.4, 0.5) is 26.3 Å². The van der Waals surface area contributed by atoms with E-state index in [1.54, 1.807) is 0 Å². The molecule has 1 aliphatic rings. The minimum Gasteiger partial charge on any atom is -0.373 e. The zero-order valence-corrected chi connectivity index (χ0v) is 13.1. The minimum absolute atomic E-state index is 0.170. The van der Waals surface area contributed by atoms with Crippen molar-refractivity contribution < 1.29 is 31.1 Å². The van der Waals surface area contributed by atoms with E-state index in [-0.39, 0.29) is 5.56 Å². The van der Waals surface area contributed by atoms with Crippen molar-refractivity contribution >= 4 is 5.83 Å². The maximum absolute atomic E-state index is 13.9. The summed E-state index contributed by atoms with van der Waals surface area (Å²) in [5.41, 5.74) is -1.14. The van der Waals surface area contributed by atoms with Gasteiger partial charge in [-0.2, -0.15) is 13.2 Å². The summed E-state index contributed by atoms with van der Waals surface area (Å²) in [6.45, 7) is 2.52. The van der Waals surface area contributed by atoms with Crippen molar-refractivity contribution in [3.05, 3.63) is 41.0 Å². The van der Waals surface area contributed by atoms with Crippen molar-refractivity contribution in [1.82, 2.24) is 0 Å². The molecule has 134 valence electrons. The Kier molecular flexibility index (Phi) is 5.96. The second kappa shape index (κ2) is 7.59. The number of allylic oxidation sites excluding steroid dienone is 1. The predicted octanol–water partition coefficient (Wildman–Crippen LogP) is 6.11. The van der Waals surface area contributed by atoms with Crippen molar-refractivity contribution in [2.24, 2.45) is 5.92 Å². The van der Waals surface area contributed by atoms with Gasteiger partial charge in [0.05, 0.1) is 24.4 Å². The third-order valence-electron chi connectivity index (χ3n) is 4.03. The Bertz CT molecular complexity index is 577. The average Bonchev–Trinajstić information content (AvgIpc) is 2.45. The molecule has 0 saturated carbocycles. The number of benzene rings is 1. The first-order valence-electron chi connectivity index (χ1n) is 7.77. The fourth-order valence-electron chi connectivity index (χ4n) is 2.93. The maximum atomic E-state index is 13.9.